The van der Waals surface area contributed by atoms with E-state index in [0.29, 0.717) is 6.04 Å². The number of hydrogen-bond donors (Lipinski definition) is 1. The molecule has 1 saturated heterocycles. The predicted molar refractivity (Wildman–Crippen MR) is 75.5 cm³/mol. The number of rotatable bonds is 3. The van der Waals surface area contributed by atoms with Crippen LogP contribution >= 0.6 is 0 Å². The Kier molecular flexibility index (Phi) is 3.40. The lowest BCUT2D eigenvalue weighted by Crippen LogP contribution is -2.53. The van der Waals surface area contributed by atoms with Crippen LogP contribution in [-0.2, 0) is 0 Å². The van der Waals surface area contributed by atoms with Gasteiger partial charge in [-0.15, -0.1) is 0 Å². The lowest BCUT2D eigenvalue weighted by molar-refractivity contribution is 0.113. The molecule has 0 amide bonds. The maximum Gasteiger partial charge on any atom is 0.0450 e. The van der Waals surface area contributed by atoms with Crippen LogP contribution in [0.3, 0.4) is 0 Å². The summed E-state index contributed by atoms with van der Waals surface area (Å²) in [7, 11) is 0. The number of piperazine rings is 1. The normalized spacial score (nSPS) is 36.6. The van der Waals surface area contributed by atoms with E-state index in [-0.39, 0.29) is 0 Å². The molecule has 18 heavy (non-hydrogen) atoms. The topological polar surface area (TPSA) is 15.3 Å². The molecule has 4 atom stereocenters. The third-order valence-corrected chi connectivity index (χ3v) is 4.63. The monoisotopic (exact) mass is 244 g/mol. The van der Waals surface area contributed by atoms with E-state index in [2.05, 4.69) is 54.4 Å². The van der Waals surface area contributed by atoms with Gasteiger partial charge in [-0.25, -0.2) is 0 Å². The van der Waals surface area contributed by atoms with Crippen LogP contribution < -0.4 is 5.32 Å². The van der Waals surface area contributed by atoms with Crippen LogP contribution in [0.4, 0.5) is 0 Å². The van der Waals surface area contributed by atoms with E-state index in [1.54, 1.807) is 0 Å². The van der Waals surface area contributed by atoms with E-state index in [9.17, 15) is 0 Å². The van der Waals surface area contributed by atoms with Gasteiger partial charge in [0.1, 0.15) is 0 Å². The van der Waals surface area contributed by atoms with E-state index < -0.39 is 0 Å². The second kappa shape index (κ2) is 5.02. The Morgan fingerprint density at radius 1 is 1.28 bits per heavy atom. The Morgan fingerprint density at radius 2 is 2.00 bits per heavy atom. The van der Waals surface area contributed by atoms with Gasteiger partial charge < -0.3 is 5.32 Å². The summed E-state index contributed by atoms with van der Waals surface area (Å²) in [6.07, 6.45) is 2.66. The minimum atomic E-state index is 0.516. The van der Waals surface area contributed by atoms with Crippen molar-refractivity contribution in [1.82, 2.24) is 10.2 Å². The summed E-state index contributed by atoms with van der Waals surface area (Å²) in [5.74, 6) is 0.911. The molecule has 0 radical (unpaired) electrons. The van der Waals surface area contributed by atoms with Gasteiger partial charge in [0.05, 0.1) is 0 Å². The van der Waals surface area contributed by atoms with E-state index in [1.807, 2.05) is 0 Å². The highest BCUT2D eigenvalue weighted by Crippen LogP contribution is 2.38. The molecule has 1 heterocycles. The molecule has 0 spiro atoms. The molecule has 0 aromatic heterocycles. The first kappa shape index (κ1) is 12.2. The highest BCUT2D eigenvalue weighted by Gasteiger charge is 2.43. The van der Waals surface area contributed by atoms with Gasteiger partial charge in [0.15, 0.2) is 0 Å². The van der Waals surface area contributed by atoms with Crippen molar-refractivity contribution in [1.29, 1.82) is 0 Å². The van der Waals surface area contributed by atoms with Gasteiger partial charge in [-0.1, -0.05) is 44.2 Å². The molecule has 2 aliphatic rings. The van der Waals surface area contributed by atoms with Gasteiger partial charge in [0.25, 0.3) is 0 Å². The van der Waals surface area contributed by atoms with Crippen molar-refractivity contribution in [2.45, 2.75) is 44.8 Å². The van der Waals surface area contributed by atoms with Crippen molar-refractivity contribution in [2.24, 2.45) is 5.92 Å². The molecule has 1 aliphatic heterocycles. The number of nitrogens with one attached hydrogen (secondary N) is 1. The van der Waals surface area contributed by atoms with E-state index in [0.717, 1.165) is 24.5 Å². The molecule has 1 aromatic carbocycles. The zero-order chi connectivity index (χ0) is 12.5. The van der Waals surface area contributed by atoms with Crippen molar-refractivity contribution >= 4 is 0 Å². The molecule has 2 fully saturated rings. The van der Waals surface area contributed by atoms with Crippen molar-refractivity contribution in [2.75, 3.05) is 13.1 Å². The first-order valence-electron chi connectivity index (χ1n) is 7.33. The Balaban J connectivity index is 1.72. The number of nitrogens with zero attached hydrogens (tertiary/aromatic N) is 1. The fraction of sp³-hybridized carbons (Fsp3) is 0.625. The van der Waals surface area contributed by atoms with Crippen LogP contribution in [0, 0.1) is 5.92 Å². The van der Waals surface area contributed by atoms with Gasteiger partial charge in [-0.3, -0.25) is 4.90 Å². The molecule has 1 aromatic rings. The molecule has 2 nitrogen and oxygen atoms in total. The summed E-state index contributed by atoms with van der Waals surface area (Å²) in [5.41, 5.74) is 1.44. The second-order valence-corrected chi connectivity index (χ2v) is 5.91. The summed E-state index contributed by atoms with van der Waals surface area (Å²) in [5, 5.41) is 3.72. The minimum Gasteiger partial charge on any atom is -0.307 e. The van der Waals surface area contributed by atoms with Crippen LogP contribution in [0.2, 0.25) is 0 Å². The van der Waals surface area contributed by atoms with Crippen LogP contribution in [0.1, 0.15) is 38.3 Å². The van der Waals surface area contributed by atoms with E-state index in [4.69, 9.17) is 0 Å². The SMILES string of the molecule is CCC1CNC(c2ccccc2)CN1C1CC1C. The van der Waals surface area contributed by atoms with Gasteiger partial charge in [-0.05, 0) is 24.3 Å². The van der Waals surface area contributed by atoms with Crippen molar-refractivity contribution in [3.63, 3.8) is 0 Å². The molecule has 4 unspecified atom stereocenters. The standard InChI is InChI=1S/C16H24N2/c1-3-14-10-17-15(13-7-5-4-6-8-13)11-18(14)16-9-12(16)2/h4-8,12,14-17H,3,9-11H2,1-2H3. The Bertz CT molecular complexity index is 389. The van der Waals surface area contributed by atoms with Gasteiger partial charge in [-0.2, -0.15) is 0 Å². The largest absolute Gasteiger partial charge is 0.307 e. The van der Waals surface area contributed by atoms with Crippen molar-refractivity contribution in [3.8, 4) is 0 Å². The molecule has 0 bridgehead atoms. The molecule has 2 heteroatoms. The molecule has 1 saturated carbocycles. The smallest absolute Gasteiger partial charge is 0.0450 e. The molecular weight excluding hydrogens is 220 g/mol. The summed E-state index contributed by atoms with van der Waals surface area (Å²) in [4.78, 5) is 2.76. The van der Waals surface area contributed by atoms with Gasteiger partial charge in [0, 0.05) is 31.2 Å². The fourth-order valence-electron chi connectivity index (χ4n) is 3.28. The summed E-state index contributed by atoms with van der Waals surface area (Å²) < 4.78 is 0. The van der Waals surface area contributed by atoms with Crippen LogP contribution in [0.25, 0.3) is 0 Å². The quantitative estimate of drug-likeness (QED) is 0.879. The molecular formula is C16H24N2. The first-order chi connectivity index (χ1) is 8.79. The van der Waals surface area contributed by atoms with Crippen molar-refractivity contribution < 1.29 is 0 Å². The Morgan fingerprint density at radius 3 is 2.61 bits per heavy atom. The average Bonchev–Trinajstić information content (AvgIpc) is 3.16. The van der Waals surface area contributed by atoms with Crippen LogP contribution in [0.5, 0.6) is 0 Å². The average molecular weight is 244 g/mol. The van der Waals surface area contributed by atoms with Gasteiger partial charge in [0.2, 0.25) is 0 Å². The number of benzene rings is 1. The van der Waals surface area contributed by atoms with E-state index >= 15 is 0 Å². The fourth-order valence-corrected chi connectivity index (χ4v) is 3.28. The van der Waals surface area contributed by atoms with Gasteiger partial charge >= 0.3 is 0 Å². The third kappa shape index (κ3) is 2.32. The lowest BCUT2D eigenvalue weighted by atomic mass is 10.0. The number of hydrogen-bond acceptors (Lipinski definition) is 2. The molecule has 1 N–H and O–H groups in total. The molecule has 3 rings (SSSR count). The van der Waals surface area contributed by atoms with E-state index in [1.165, 1.54) is 24.9 Å². The zero-order valence-electron chi connectivity index (χ0n) is 11.5. The maximum absolute atomic E-state index is 3.72. The predicted octanol–water partition coefficient (Wildman–Crippen LogP) is 2.82. The third-order valence-electron chi connectivity index (χ3n) is 4.63. The first-order valence-corrected chi connectivity index (χ1v) is 7.33. The second-order valence-electron chi connectivity index (χ2n) is 5.91. The molecule has 1 aliphatic carbocycles. The minimum absolute atomic E-state index is 0.516. The van der Waals surface area contributed by atoms with Crippen molar-refractivity contribution in [3.05, 3.63) is 35.9 Å². The zero-order valence-corrected chi connectivity index (χ0v) is 11.5. The summed E-state index contributed by atoms with van der Waals surface area (Å²) in [6, 6.07) is 13.0. The highest BCUT2D eigenvalue weighted by atomic mass is 15.3. The maximum atomic E-state index is 3.72. The Hall–Kier alpha value is -0.860. The lowest BCUT2D eigenvalue weighted by Gasteiger charge is -2.41. The highest BCUT2D eigenvalue weighted by molar-refractivity contribution is 5.20. The molecule has 98 valence electrons. The van der Waals surface area contributed by atoms with Crippen LogP contribution in [0.15, 0.2) is 30.3 Å². The summed E-state index contributed by atoms with van der Waals surface area (Å²) in [6.45, 7) is 7.02. The Labute approximate surface area is 110 Å². The van der Waals surface area contributed by atoms with Crippen LogP contribution in [-0.4, -0.2) is 30.1 Å². The summed E-state index contributed by atoms with van der Waals surface area (Å²) >= 11 is 0.